The Morgan fingerprint density at radius 3 is 2.32 bits per heavy atom. The molecule has 0 saturated heterocycles. The topological polar surface area (TPSA) is 38.7 Å². The van der Waals surface area contributed by atoms with E-state index in [0.29, 0.717) is 11.3 Å². The summed E-state index contributed by atoms with van der Waals surface area (Å²) < 4.78 is 31.5. The minimum absolute atomic E-state index is 0.0431. The zero-order valence-electron chi connectivity index (χ0n) is 10.1. The fourth-order valence-electron chi connectivity index (χ4n) is 1.81. The molecule has 0 heterocycles. The van der Waals surface area contributed by atoms with Gasteiger partial charge < -0.3 is 4.74 Å². The van der Waals surface area contributed by atoms with Crippen molar-refractivity contribution in [2.75, 3.05) is 7.11 Å². The molecule has 2 rings (SSSR count). The fourth-order valence-corrected chi connectivity index (χ4v) is 1.81. The minimum Gasteiger partial charge on any atom is -0.497 e. The summed E-state index contributed by atoms with van der Waals surface area (Å²) in [5.74, 6) is -0.867. The van der Waals surface area contributed by atoms with Crippen LogP contribution in [0.1, 0.15) is 17.2 Å². The Balaban J connectivity index is 2.40. The van der Waals surface area contributed by atoms with Crippen LogP contribution in [0.15, 0.2) is 47.6 Å². The first-order valence-electron chi connectivity index (χ1n) is 5.57. The molecule has 98 valence electrons. The molecule has 0 aromatic heterocycles. The molecule has 0 fully saturated rings. The number of nitrogens with zero attached hydrogens (tertiary/aromatic N) is 1. The number of hydrogen-bond acceptors (Lipinski definition) is 3. The zero-order chi connectivity index (χ0) is 13.8. The summed E-state index contributed by atoms with van der Waals surface area (Å²) in [5, 5.41) is 2.92. The van der Waals surface area contributed by atoms with E-state index in [9.17, 15) is 13.7 Å². The highest BCUT2D eigenvalue weighted by molar-refractivity contribution is 5.36. The predicted octanol–water partition coefficient (Wildman–Crippen LogP) is 3.83. The van der Waals surface area contributed by atoms with E-state index in [-0.39, 0.29) is 5.56 Å². The Hall–Kier alpha value is -2.30. The van der Waals surface area contributed by atoms with Crippen LogP contribution in [-0.2, 0) is 0 Å². The molecular weight excluding hydrogens is 252 g/mol. The number of nitroso groups, excluding NO2 is 1. The molecule has 2 aromatic rings. The van der Waals surface area contributed by atoms with E-state index in [1.165, 1.54) is 13.2 Å². The Kier molecular flexibility index (Phi) is 3.85. The zero-order valence-corrected chi connectivity index (χ0v) is 10.1. The molecule has 2 aromatic carbocycles. The molecule has 0 saturated carbocycles. The maximum Gasteiger partial charge on any atom is 0.145 e. The van der Waals surface area contributed by atoms with E-state index in [0.717, 1.165) is 12.1 Å². The lowest BCUT2D eigenvalue weighted by Gasteiger charge is -2.11. The monoisotopic (exact) mass is 263 g/mol. The van der Waals surface area contributed by atoms with Gasteiger partial charge in [0, 0.05) is 11.6 Å². The SMILES string of the molecule is COc1ccc(C(N=O)c2ccc(F)cc2F)cc1. The van der Waals surface area contributed by atoms with Gasteiger partial charge in [-0.3, -0.25) is 0 Å². The van der Waals surface area contributed by atoms with Crippen molar-refractivity contribution < 1.29 is 13.5 Å². The number of ether oxygens (including phenoxy) is 1. The summed E-state index contributed by atoms with van der Waals surface area (Å²) in [6.07, 6.45) is 0. The molecule has 19 heavy (non-hydrogen) atoms. The van der Waals surface area contributed by atoms with Crippen molar-refractivity contribution in [3.05, 3.63) is 70.1 Å². The van der Waals surface area contributed by atoms with Gasteiger partial charge in [-0.2, -0.15) is 0 Å². The Bertz CT molecular complexity index is 584. The number of methoxy groups -OCH3 is 1. The lowest BCUT2D eigenvalue weighted by atomic mass is 9.99. The number of hydrogen-bond donors (Lipinski definition) is 0. The second-order valence-electron chi connectivity index (χ2n) is 3.95. The summed E-state index contributed by atoms with van der Waals surface area (Å²) >= 11 is 0. The van der Waals surface area contributed by atoms with Gasteiger partial charge in [-0.25, -0.2) is 8.78 Å². The van der Waals surface area contributed by atoms with E-state index in [2.05, 4.69) is 5.18 Å². The van der Waals surface area contributed by atoms with Gasteiger partial charge in [-0.15, -0.1) is 4.91 Å². The van der Waals surface area contributed by atoms with Gasteiger partial charge in [-0.1, -0.05) is 23.4 Å². The van der Waals surface area contributed by atoms with E-state index in [1.807, 2.05) is 0 Å². The maximum atomic E-state index is 13.7. The highest BCUT2D eigenvalue weighted by Gasteiger charge is 2.19. The molecule has 0 aliphatic heterocycles. The van der Waals surface area contributed by atoms with Crippen LogP contribution in [-0.4, -0.2) is 7.11 Å². The fraction of sp³-hybridized carbons (Fsp3) is 0.143. The standard InChI is InChI=1S/C14H11F2NO2/c1-19-11-5-2-9(3-6-11)14(17-18)12-7-4-10(15)8-13(12)16/h2-8,14H,1H3. The average Bonchev–Trinajstić information content (AvgIpc) is 2.42. The predicted molar refractivity (Wildman–Crippen MR) is 67.0 cm³/mol. The van der Waals surface area contributed by atoms with Crippen molar-refractivity contribution in [2.45, 2.75) is 6.04 Å². The molecule has 0 radical (unpaired) electrons. The minimum atomic E-state index is -1.01. The molecule has 0 spiro atoms. The molecule has 3 nitrogen and oxygen atoms in total. The van der Waals surface area contributed by atoms with Crippen LogP contribution in [0.25, 0.3) is 0 Å². The number of halogens is 2. The first kappa shape index (κ1) is 13.1. The summed E-state index contributed by atoms with van der Waals surface area (Å²) in [6, 6.07) is 8.58. The third kappa shape index (κ3) is 2.76. The molecule has 0 aliphatic rings. The molecular formula is C14H11F2NO2. The summed E-state index contributed by atoms with van der Waals surface area (Å²) in [5.41, 5.74) is 0.558. The smallest absolute Gasteiger partial charge is 0.145 e. The second-order valence-corrected chi connectivity index (χ2v) is 3.95. The van der Waals surface area contributed by atoms with Crippen LogP contribution < -0.4 is 4.74 Å². The van der Waals surface area contributed by atoms with Crippen LogP contribution in [0, 0.1) is 16.5 Å². The van der Waals surface area contributed by atoms with Crippen molar-refractivity contribution in [1.82, 2.24) is 0 Å². The summed E-state index contributed by atoms with van der Waals surface area (Å²) in [7, 11) is 1.52. The van der Waals surface area contributed by atoms with Crippen molar-refractivity contribution in [3.8, 4) is 5.75 Å². The van der Waals surface area contributed by atoms with Gasteiger partial charge in [0.15, 0.2) is 0 Å². The second kappa shape index (κ2) is 5.56. The maximum absolute atomic E-state index is 13.7. The highest BCUT2D eigenvalue weighted by atomic mass is 19.1. The van der Waals surface area contributed by atoms with Crippen LogP contribution >= 0.6 is 0 Å². The van der Waals surface area contributed by atoms with Crippen molar-refractivity contribution >= 4 is 0 Å². The lowest BCUT2D eigenvalue weighted by molar-refractivity contribution is 0.414. The van der Waals surface area contributed by atoms with Crippen LogP contribution in [0.2, 0.25) is 0 Å². The van der Waals surface area contributed by atoms with Crippen molar-refractivity contribution in [1.29, 1.82) is 0 Å². The third-order valence-electron chi connectivity index (χ3n) is 2.79. The Morgan fingerprint density at radius 2 is 1.79 bits per heavy atom. The van der Waals surface area contributed by atoms with Gasteiger partial charge in [0.2, 0.25) is 0 Å². The molecule has 5 heteroatoms. The molecule has 0 aliphatic carbocycles. The number of benzene rings is 2. The number of rotatable bonds is 4. The van der Waals surface area contributed by atoms with Gasteiger partial charge in [0.1, 0.15) is 23.4 Å². The summed E-state index contributed by atoms with van der Waals surface area (Å²) in [6.45, 7) is 0. The molecule has 1 atom stereocenters. The first-order valence-corrected chi connectivity index (χ1v) is 5.57. The van der Waals surface area contributed by atoms with E-state index < -0.39 is 17.7 Å². The normalized spacial score (nSPS) is 11.9. The van der Waals surface area contributed by atoms with Crippen LogP contribution in [0.4, 0.5) is 8.78 Å². The van der Waals surface area contributed by atoms with E-state index >= 15 is 0 Å². The lowest BCUT2D eigenvalue weighted by Crippen LogP contribution is -2.01. The Morgan fingerprint density at radius 1 is 1.11 bits per heavy atom. The van der Waals surface area contributed by atoms with Gasteiger partial charge in [-0.05, 0) is 23.8 Å². The van der Waals surface area contributed by atoms with Crippen molar-refractivity contribution in [3.63, 3.8) is 0 Å². The largest absolute Gasteiger partial charge is 0.497 e. The van der Waals surface area contributed by atoms with E-state index in [1.54, 1.807) is 24.3 Å². The Labute approximate surface area is 108 Å². The average molecular weight is 263 g/mol. The van der Waals surface area contributed by atoms with E-state index in [4.69, 9.17) is 4.74 Å². The van der Waals surface area contributed by atoms with Crippen molar-refractivity contribution in [2.24, 2.45) is 5.18 Å². The molecule has 0 amide bonds. The molecule has 0 bridgehead atoms. The van der Waals surface area contributed by atoms with Crippen LogP contribution in [0.3, 0.4) is 0 Å². The van der Waals surface area contributed by atoms with Crippen LogP contribution in [0.5, 0.6) is 5.75 Å². The third-order valence-corrected chi connectivity index (χ3v) is 2.79. The summed E-state index contributed by atoms with van der Waals surface area (Å²) in [4.78, 5) is 11.0. The highest BCUT2D eigenvalue weighted by Crippen LogP contribution is 2.29. The van der Waals surface area contributed by atoms with Gasteiger partial charge in [0.05, 0.1) is 7.11 Å². The quantitative estimate of drug-likeness (QED) is 0.786. The van der Waals surface area contributed by atoms with Gasteiger partial charge in [0.25, 0.3) is 0 Å². The molecule has 0 N–H and O–H groups in total. The molecule has 1 unspecified atom stereocenters. The van der Waals surface area contributed by atoms with Gasteiger partial charge >= 0.3 is 0 Å². The first-order chi connectivity index (χ1) is 9.15.